The molecule has 0 radical (unpaired) electrons. The molecule has 0 aliphatic heterocycles. The lowest BCUT2D eigenvalue weighted by molar-refractivity contribution is 0.206. The highest BCUT2D eigenvalue weighted by molar-refractivity contribution is 7.15. The molecule has 1 rings (SSSR count). The first-order valence-corrected chi connectivity index (χ1v) is 6.89. The van der Waals surface area contributed by atoms with Crippen molar-refractivity contribution < 1.29 is 4.74 Å². The van der Waals surface area contributed by atoms with Crippen LogP contribution in [0.5, 0.6) is 0 Å². The van der Waals surface area contributed by atoms with Gasteiger partial charge in [0.1, 0.15) is 0 Å². The molecule has 1 N–H and O–H groups in total. The fourth-order valence-corrected chi connectivity index (χ4v) is 2.37. The van der Waals surface area contributed by atoms with Crippen molar-refractivity contribution in [1.82, 2.24) is 10.3 Å². The first-order chi connectivity index (χ1) is 8.19. The van der Waals surface area contributed by atoms with Crippen LogP contribution in [-0.4, -0.2) is 38.8 Å². The van der Waals surface area contributed by atoms with Crippen LogP contribution >= 0.6 is 11.3 Å². The molecule has 1 aromatic rings. The van der Waals surface area contributed by atoms with E-state index in [1.165, 1.54) is 4.88 Å². The summed E-state index contributed by atoms with van der Waals surface area (Å²) in [6.45, 7) is 7.02. The number of thiazole rings is 1. The number of hydrogen-bond acceptors (Lipinski definition) is 5. The van der Waals surface area contributed by atoms with Crippen LogP contribution in [0.1, 0.15) is 31.2 Å². The van der Waals surface area contributed by atoms with Gasteiger partial charge in [0.05, 0.1) is 6.61 Å². The van der Waals surface area contributed by atoms with Crippen molar-refractivity contribution >= 4 is 16.5 Å². The second kappa shape index (κ2) is 7.63. The fraction of sp³-hybridized carbons (Fsp3) is 0.750. The van der Waals surface area contributed by atoms with E-state index in [4.69, 9.17) is 4.74 Å². The Labute approximate surface area is 108 Å². The number of methoxy groups -OCH3 is 1. The van der Waals surface area contributed by atoms with Crippen LogP contribution < -0.4 is 10.2 Å². The van der Waals surface area contributed by atoms with Crippen molar-refractivity contribution in [3.8, 4) is 0 Å². The normalized spacial score (nSPS) is 12.7. The van der Waals surface area contributed by atoms with Gasteiger partial charge in [0.2, 0.25) is 0 Å². The summed E-state index contributed by atoms with van der Waals surface area (Å²) in [6, 6.07) is 0.386. The van der Waals surface area contributed by atoms with E-state index >= 15 is 0 Å². The van der Waals surface area contributed by atoms with Crippen LogP contribution in [0.15, 0.2) is 6.20 Å². The summed E-state index contributed by atoms with van der Waals surface area (Å²) in [5.74, 6) is 0. The van der Waals surface area contributed by atoms with E-state index in [2.05, 4.69) is 29.0 Å². The molecular weight excluding hydrogens is 234 g/mol. The number of nitrogens with zero attached hydrogens (tertiary/aromatic N) is 2. The van der Waals surface area contributed by atoms with Crippen molar-refractivity contribution in [3.63, 3.8) is 0 Å². The van der Waals surface area contributed by atoms with E-state index in [0.29, 0.717) is 6.04 Å². The van der Waals surface area contributed by atoms with E-state index in [-0.39, 0.29) is 0 Å². The number of rotatable bonds is 8. The van der Waals surface area contributed by atoms with Gasteiger partial charge in [-0.1, -0.05) is 6.92 Å². The third-order valence-electron chi connectivity index (χ3n) is 2.60. The van der Waals surface area contributed by atoms with Crippen LogP contribution in [-0.2, 0) is 4.74 Å². The Hall–Kier alpha value is -0.650. The molecule has 1 unspecified atom stereocenters. The summed E-state index contributed by atoms with van der Waals surface area (Å²) in [4.78, 5) is 7.87. The minimum absolute atomic E-state index is 0.386. The Bertz CT molecular complexity index is 288. The molecule has 0 aromatic carbocycles. The van der Waals surface area contributed by atoms with Crippen LogP contribution in [0.3, 0.4) is 0 Å². The lowest BCUT2D eigenvalue weighted by Gasteiger charge is -2.14. The van der Waals surface area contributed by atoms with Gasteiger partial charge in [-0.3, -0.25) is 0 Å². The number of likely N-dealkylation sites (N-methyl/N-ethyl adjacent to an activating group) is 1. The second-order valence-corrected chi connectivity index (χ2v) is 5.18. The van der Waals surface area contributed by atoms with Crippen molar-refractivity contribution in [1.29, 1.82) is 0 Å². The predicted molar refractivity (Wildman–Crippen MR) is 74.0 cm³/mol. The average Bonchev–Trinajstić information content (AvgIpc) is 2.82. The Kier molecular flexibility index (Phi) is 6.47. The summed E-state index contributed by atoms with van der Waals surface area (Å²) in [7, 11) is 3.77. The first kappa shape index (κ1) is 14.4. The SMILES string of the molecule is CCCNC(C)c1cnc(N(C)CCOC)s1. The van der Waals surface area contributed by atoms with E-state index in [1.54, 1.807) is 18.4 Å². The summed E-state index contributed by atoms with van der Waals surface area (Å²) < 4.78 is 5.06. The highest BCUT2D eigenvalue weighted by Gasteiger charge is 2.11. The molecule has 0 amide bonds. The average molecular weight is 257 g/mol. The zero-order valence-corrected chi connectivity index (χ0v) is 12.0. The van der Waals surface area contributed by atoms with Gasteiger partial charge >= 0.3 is 0 Å². The van der Waals surface area contributed by atoms with Gasteiger partial charge in [0.15, 0.2) is 5.13 Å². The molecule has 0 saturated heterocycles. The number of ether oxygens (including phenoxy) is 1. The molecule has 1 aromatic heterocycles. The molecule has 5 heteroatoms. The van der Waals surface area contributed by atoms with E-state index in [9.17, 15) is 0 Å². The van der Waals surface area contributed by atoms with Crippen molar-refractivity contribution in [2.24, 2.45) is 0 Å². The van der Waals surface area contributed by atoms with Gasteiger partial charge in [-0.15, -0.1) is 11.3 Å². The maximum absolute atomic E-state index is 5.06. The first-order valence-electron chi connectivity index (χ1n) is 6.08. The molecule has 0 saturated carbocycles. The van der Waals surface area contributed by atoms with Crippen molar-refractivity contribution in [3.05, 3.63) is 11.1 Å². The summed E-state index contributed by atoms with van der Waals surface area (Å²) >= 11 is 1.75. The molecule has 1 atom stereocenters. The van der Waals surface area contributed by atoms with E-state index in [1.807, 2.05) is 13.2 Å². The highest BCUT2D eigenvalue weighted by atomic mass is 32.1. The topological polar surface area (TPSA) is 37.4 Å². The minimum atomic E-state index is 0.386. The zero-order chi connectivity index (χ0) is 12.7. The summed E-state index contributed by atoms with van der Waals surface area (Å²) in [6.07, 6.45) is 3.13. The van der Waals surface area contributed by atoms with Gasteiger partial charge in [0, 0.05) is 37.8 Å². The molecule has 0 spiro atoms. The van der Waals surface area contributed by atoms with Crippen molar-refractivity contribution in [2.45, 2.75) is 26.3 Å². The molecule has 1 heterocycles. The quantitative estimate of drug-likeness (QED) is 0.775. The Morgan fingerprint density at radius 3 is 3.00 bits per heavy atom. The molecule has 0 aliphatic carbocycles. The molecule has 98 valence electrons. The van der Waals surface area contributed by atoms with Gasteiger partial charge in [-0.05, 0) is 19.9 Å². The van der Waals surface area contributed by atoms with Crippen molar-refractivity contribution in [2.75, 3.05) is 38.8 Å². The van der Waals surface area contributed by atoms with Gasteiger partial charge < -0.3 is 15.0 Å². The number of hydrogen-bond donors (Lipinski definition) is 1. The van der Waals surface area contributed by atoms with Crippen LogP contribution in [0.4, 0.5) is 5.13 Å². The maximum Gasteiger partial charge on any atom is 0.185 e. The molecule has 0 bridgehead atoms. The van der Waals surface area contributed by atoms with E-state index in [0.717, 1.165) is 31.2 Å². The largest absolute Gasteiger partial charge is 0.383 e. The lowest BCUT2D eigenvalue weighted by atomic mass is 10.3. The molecule has 4 nitrogen and oxygen atoms in total. The van der Waals surface area contributed by atoms with E-state index < -0.39 is 0 Å². The third-order valence-corrected chi connectivity index (χ3v) is 3.89. The Morgan fingerprint density at radius 2 is 2.35 bits per heavy atom. The number of anilines is 1. The van der Waals surface area contributed by atoms with Gasteiger partial charge in [0.25, 0.3) is 0 Å². The van der Waals surface area contributed by atoms with Gasteiger partial charge in [-0.2, -0.15) is 0 Å². The standard InChI is InChI=1S/C12H23N3OS/c1-5-6-13-10(2)11-9-14-12(17-11)15(3)7-8-16-4/h9-10,13H,5-8H2,1-4H3. The fourth-order valence-electron chi connectivity index (χ4n) is 1.44. The smallest absolute Gasteiger partial charge is 0.185 e. The van der Waals surface area contributed by atoms with Crippen LogP contribution in [0, 0.1) is 0 Å². The number of aromatic nitrogens is 1. The second-order valence-electron chi connectivity index (χ2n) is 4.14. The highest BCUT2D eigenvalue weighted by Crippen LogP contribution is 2.26. The molecule has 0 aliphatic rings. The Balaban J connectivity index is 2.51. The van der Waals surface area contributed by atoms with Gasteiger partial charge in [-0.25, -0.2) is 4.98 Å². The molecule has 17 heavy (non-hydrogen) atoms. The maximum atomic E-state index is 5.06. The van der Waals surface area contributed by atoms with Crippen LogP contribution in [0.25, 0.3) is 0 Å². The predicted octanol–water partition coefficient (Wildman–Crippen LogP) is 2.29. The summed E-state index contributed by atoms with van der Waals surface area (Å²) in [5.41, 5.74) is 0. The monoisotopic (exact) mass is 257 g/mol. The Morgan fingerprint density at radius 1 is 1.59 bits per heavy atom. The molecular formula is C12H23N3OS. The third kappa shape index (κ3) is 4.61. The molecule has 0 fully saturated rings. The number of nitrogens with one attached hydrogen (secondary N) is 1. The zero-order valence-electron chi connectivity index (χ0n) is 11.2. The van der Waals surface area contributed by atoms with Crippen LogP contribution in [0.2, 0.25) is 0 Å². The summed E-state index contributed by atoms with van der Waals surface area (Å²) in [5, 5.41) is 4.53. The lowest BCUT2D eigenvalue weighted by Crippen LogP contribution is -2.21. The minimum Gasteiger partial charge on any atom is -0.383 e.